The summed E-state index contributed by atoms with van der Waals surface area (Å²) in [5.74, 6) is 1.31. The minimum Gasteiger partial charge on any atom is -0.494 e. The van der Waals surface area contributed by atoms with Crippen LogP contribution in [0.15, 0.2) is 72.8 Å². The van der Waals surface area contributed by atoms with Gasteiger partial charge in [0.25, 0.3) is 0 Å². The summed E-state index contributed by atoms with van der Waals surface area (Å²) in [5.41, 5.74) is 5.42. The Morgan fingerprint density at radius 3 is 2.39 bits per heavy atom. The van der Waals surface area contributed by atoms with Crippen molar-refractivity contribution in [2.45, 2.75) is 25.2 Å². The molecule has 2 aliphatic rings. The zero-order valence-corrected chi connectivity index (χ0v) is 19.8. The summed E-state index contributed by atoms with van der Waals surface area (Å²) in [4.78, 5) is 4.83. The lowest BCUT2D eigenvalue weighted by Gasteiger charge is -2.36. The Labute approximate surface area is 202 Å². The number of anilines is 1. The van der Waals surface area contributed by atoms with Gasteiger partial charge in [0.2, 0.25) is 0 Å². The highest BCUT2D eigenvalue weighted by Gasteiger charge is 2.24. The first-order valence-corrected chi connectivity index (χ1v) is 11.8. The minimum atomic E-state index is -0.175. The number of nitrogens with zero attached hydrogens (tertiary/aromatic N) is 2. The topological polar surface area (TPSA) is 15.7 Å². The third kappa shape index (κ3) is 5.69. The van der Waals surface area contributed by atoms with Gasteiger partial charge >= 0.3 is 0 Å². The first kappa shape index (κ1) is 23.6. The molecule has 0 saturated carbocycles. The van der Waals surface area contributed by atoms with Crippen molar-refractivity contribution in [3.8, 4) is 5.75 Å². The molecular weight excluding hydrogens is 435 g/mol. The quantitative estimate of drug-likeness (QED) is 0.402. The van der Waals surface area contributed by atoms with E-state index < -0.39 is 0 Å². The van der Waals surface area contributed by atoms with E-state index in [4.69, 9.17) is 4.74 Å². The number of hydrogen-bond donors (Lipinski definition) is 0. The molecule has 0 bridgehead atoms. The molecule has 33 heavy (non-hydrogen) atoms. The van der Waals surface area contributed by atoms with Gasteiger partial charge in [0.1, 0.15) is 11.6 Å². The van der Waals surface area contributed by atoms with Crippen LogP contribution in [0.2, 0.25) is 0 Å². The second-order valence-corrected chi connectivity index (χ2v) is 8.87. The van der Waals surface area contributed by atoms with Gasteiger partial charge in [0, 0.05) is 44.3 Å². The zero-order chi connectivity index (χ0) is 21.8. The van der Waals surface area contributed by atoms with Crippen LogP contribution in [0.5, 0.6) is 5.75 Å². The minimum absolute atomic E-state index is 0. The highest BCUT2D eigenvalue weighted by molar-refractivity contribution is 5.85. The lowest BCUT2D eigenvalue weighted by molar-refractivity contribution is 0.224. The van der Waals surface area contributed by atoms with Crippen LogP contribution >= 0.6 is 12.4 Å². The highest BCUT2D eigenvalue weighted by Crippen LogP contribution is 2.39. The molecule has 0 radical (unpaired) electrons. The molecule has 1 saturated heterocycles. The summed E-state index contributed by atoms with van der Waals surface area (Å²) in [6, 6.07) is 24.3. The standard InChI is InChI=1S/C28H31FN2O.ClH/c29-24-9-11-25(12-10-24)31-18-16-30(17-19-31)15-4-20-32-26-13-7-23-8-14-27(28(23)21-26)22-5-2-1-3-6-22;/h1-3,5-7,9-13,21,27H,4,8,14-20H2;1H. The maximum Gasteiger partial charge on any atom is 0.123 e. The monoisotopic (exact) mass is 466 g/mol. The fraction of sp³-hybridized carbons (Fsp3) is 0.357. The second kappa shape index (κ2) is 11.0. The van der Waals surface area contributed by atoms with Crippen molar-refractivity contribution in [3.63, 3.8) is 0 Å². The molecule has 3 nitrogen and oxygen atoms in total. The molecular formula is C28H32ClFN2O. The van der Waals surface area contributed by atoms with Crippen molar-refractivity contribution in [3.05, 3.63) is 95.3 Å². The number of hydrogen-bond acceptors (Lipinski definition) is 3. The van der Waals surface area contributed by atoms with E-state index in [1.54, 1.807) is 12.1 Å². The molecule has 3 aromatic rings. The molecule has 1 aliphatic carbocycles. The maximum atomic E-state index is 13.1. The first-order valence-electron chi connectivity index (χ1n) is 11.8. The van der Waals surface area contributed by atoms with Gasteiger partial charge in [0.05, 0.1) is 6.61 Å². The lowest BCUT2D eigenvalue weighted by atomic mass is 9.93. The van der Waals surface area contributed by atoms with Crippen molar-refractivity contribution in [2.75, 3.05) is 44.2 Å². The lowest BCUT2D eigenvalue weighted by Crippen LogP contribution is -2.46. The van der Waals surface area contributed by atoms with Crippen molar-refractivity contribution >= 4 is 18.1 Å². The van der Waals surface area contributed by atoms with Crippen LogP contribution in [0.4, 0.5) is 10.1 Å². The molecule has 174 valence electrons. The van der Waals surface area contributed by atoms with Crippen molar-refractivity contribution in [1.82, 2.24) is 4.90 Å². The van der Waals surface area contributed by atoms with E-state index in [0.717, 1.165) is 63.6 Å². The molecule has 5 heteroatoms. The second-order valence-electron chi connectivity index (χ2n) is 8.87. The Balaban J connectivity index is 0.00000259. The number of aryl methyl sites for hydroxylation is 1. The summed E-state index contributed by atoms with van der Waals surface area (Å²) >= 11 is 0. The van der Waals surface area contributed by atoms with Crippen LogP contribution in [-0.2, 0) is 6.42 Å². The number of ether oxygens (including phenoxy) is 1. The Kier molecular flexibility index (Phi) is 7.89. The molecule has 0 spiro atoms. The van der Waals surface area contributed by atoms with E-state index >= 15 is 0 Å². The average molecular weight is 467 g/mol. The van der Waals surface area contributed by atoms with Gasteiger partial charge in [-0.1, -0.05) is 36.4 Å². The molecule has 3 aromatic carbocycles. The molecule has 1 aliphatic heterocycles. The molecule has 0 amide bonds. The van der Waals surface area contributed by atoms with E-state index in [9.17, 15) is 4.39 Å². The largest absolute Gasteiger partial charge is 0.494 e. The van der Waals surface area contributed by atoms with Gasteiger partial charge in [-0.15, -0.1) is 12.4 Å². The maximum absolute atomic E-state index is 13.1. The fourth-order valence-corrected chi connectivity index (χ4v) is 5.06. The van der Waals surface area contributed by atoms with Gasteiger partial charge in [-0.05, 0) is 72.4 Å². The Hall–Kier alpha value is -2.56. The SMILES string of the molecule is Cl.Fc1ccc(N2CCN(CCCOc3ccc4c(c3)C(c3ccccc3)CC4)CC2)cc1. The third-order valence-corrected chi connectivity index (χ3v) is 6.85. The van der Waals surface area contributed by atoms with Gasteiger partial charge in [0.15, 0.2) is 0 Å². The Bertz CT molecular complexity index is 1020. The van der Waals surface area contributed by atoms with Crippen molar-refractivity contribution in [2.24, 2.45) is 0 Å². The number of halogens is 2. The van der Waals surface area contributed by atoms with Gasteiger partial charge in [-0.3, -0.25) is 4.90 Å². The molecule has 0 N–H and O–H groups in total. The van der Waals surface area contributed by atoms with Crippen molar-refractivity contribution < 1.29 is 9.13 Å². The Morgan fingerprint density at radius 2 is 1.64 bits per heavy atom. The fourth-order valence-electron chi connectivity index (χ4n) is 5.06. The van der Waals surface area contributed by atoms with Crippen molar-refractivity contribution in [1.29, 1.82) is 0 Å². The number of benzene rings is 3. The van der Waals surface area contributed by atoms with E-state index in [1.165, 1.54) is 23.1 Å². The summed E-state index contributed by atoms with van der Waals surface area (Å²) in [6.45, 7) is 5.84. The predicted octanol–water partition coefficient (Wildman–Crippen LogP) is 5.92. The smallest absolute Gasteiger partial charge is 0.123 e. The average Bonchev–Trinajstić information content (AvgIpc) is 3.27. The first-order chi connectivity index (χ1) is 15.8. The van der Waals surface area contributed by atoms with E-state index in [0.29, 0.717) is 5.92 Å². The van der Waals surface area contributed by atoms with E-state index in [2.05, 4.69) is 58.3 Å². The molecule has 5 rings (SSSR count). The molecule has 1 unspecified atom stereocenters. The number of piperazine rings is 1. The molecule has 1 heterocycles. The van der Waals surface area contributed by atoms with Crippen LogP contribution in [0, 0.1) is 5.82 Å². The number of rotatable bonds is 7. The van der Waals surface area contributed by atoms with Crippen LogP contribution < -0.4 is 9.64 Å². The van der Waals surface area contributed by atoms with Gasteiger partial charge in [-0.25, -0.2) is 4.39 Å². The van der Waals surface area contributed by atoms with Crippen LogP contribution in [0.25, 0.3) is 0 Å². The highest BCUT2D eigenvalue weighted by atomic mass is 35.5. The van der Waals surface area contributed by atoms with E-state index in [-0.39, 0.29) is 18.2 Å². The summed E-state index contributed by atoms with van der Waals surface area (Å²) in [7, 11) is 0. The zero-order valence-electron chi connectivity index (χ0n) is 19.0. The van der Waals surface area contributed by atoms with E-state index in [1.807, 2.05) is 12.1 Å². The Morgan fingerprint density at radius 1 is 0.879 bits per heavy atom. The predicted molar refractivity (Wildman–Crippen MR) is 135 cm³/mol. The van der Waals surface area contributed by atoms with Gasteiger partial charge < -0.3 is 9.64 Å². The van der Waals surface area contributed by atoms with Gasteiger partial charge in [-0.2, -0.15) is 0 Å². The molecule has 1 atom stereocenters. The summed E-state index contributed by atoms with van der Waals surface area (Å²) < 4.78 is 19.3. The van der Waals surface area contributed by atoms with Crippen LogP contribution in [-0.4, -0.2) is 44.2 Å². The molecule has 0 aromatic heterocycles. The normalized spacial score (nSPS) is 18.0. The summed E-state index contributed by atoms with van der Waals surface area (Å²) in [6.07, 6.45) is 3.36. The summed E-state index contributed by atoms with van der Waals surface area (Å²) in [5, 5.41) is 0. The van der Waals surface area contributed by atoms with Crippen LogP contribution in [0.3, 0.4) is 0 Å². The number of fused-ring (bicyclic) bond motifs is 1. The van der Waals surface area contributed by atoms with Crippen LogP contribution in [0.1, 0.15) is 35.4 Å². The third-order valence-electron chi connectivity index (χ3n) is 6.85. The molecule has 1 fully saturated rings.